The molecule has 0 amide bonds. The molecule has 0 unspecified atom stereocenters. The van der Waals surface area contributed by atoms with Crippen LogP contribution in [0.4, 0.5) is 8.78 Å². The third-order valence-corrected chi connectivity index (χ3v) is 6.52. The predicted molar refractivity (Wildman–Crippen MR) is 127 cm³/mol. The van der Waals surface area contributed by atoms with Crippen molar-refractivity contribution in [1.82, 2.24) is 4.98 Å². The zero-order valence-corrected chi connectivity index (χ0v) is 19.9. The van der Waals surface area contributed by atoms with Gasteiger partial charge in [-0.3, -0.25) is 9.78 Å². The number of nitrogens with zero attached hydrogens (tertiary/aromatic N) is 1. The molecular formula is C27H31F2NO5. The molecule has 0 radical (unpaired) electrons. The van der Waals surface area contributed by atoms with Gasteiger partial charge in [0, 0.05) is 59.4 Å². The number of aliphatic hydroxyl groups excluding tert-OH is 2. The zero-order valence-electron chi connectivity index (χ0n) is 19.9. The number of hydrogen-bond acceptors (Lipinski definition) is 5. The SMILES string of the molecule is COCc1c(C2CC2)nc(C2CC2)c(/C=C/[C@@H](O)C[C@@H](O)CC(=O)O)c1-c1c(C)cc(F)cc1F. The summed E-state index contributed by atoms with van der Waals surface area (Å²) >= 11 is 0. The summed E-state index contributed by atoms with van der Waals surface area (Å²) in [5, 5.41) is 29.2. The first-order chi connectivity index (χ1) is 16.7. The molecule has 188 valence electrons. The van der Waals surface area contributed by atoms with Crippen LogP contribution in [0.15, 0.2) is 18.2 Å². The molecule has 2 fully saturated rings. The first-order valence-corrected chi connectivity index (χ1v) is 12.0. The van der Waals surface area contributed by atoms with Crippen LogP contribution >= 0.6 is 0 Å². The number of hydrogen-bond donors (Lipinski definition) is 3. The van der Waals surface area contributed by atoms with Crippen molar-refractivity contribution in [2.45, 2.75) is 76.1 Å². The number of aromatic nitrogens is 1. The van der Waals surface area contributed by atoms with Crippen LogP contribution in [-0.4, -0.2) is 45.6 Å². The van der Waals surface area contributed by atoms with Gasteiger partial charge in [0.15, 0.2) is 0 Å². The lowest BCUT2D eigenvalue weighted by molar-refractivity contribution is -0.139. The maximum absolute atomic E-state index is 15.3. The summed E-state index contributed by atoms with van der Waals surface area (Å²) in [6.45, 7) is 1.87. The molecule has 0 bridgehead atoms. The topological polar surface area (TPSA) is 99.9 Å². The molecule has 2 aliphatic carbocycles. The van der Waals surface area contributed by atoms with Crippen LogP contribution in [0.25, 0.3) is 17.2 Å². The lowest BCUT2D eigenvalue weighted by atomic mass is 9.87. The van der Waals surface area contributed by atoms with Crippen LogP contribution in [0, 0.1) is 18.6 Å². The van der Waals surface area contributed by atoms with Gasteiger partial charge in [-0.1, -0.05) is 12.2 Å². The summed E-state index contributed by atoms with van der Waals surface area (Å²) in [6.07, 6.45) is 4.09. The minimum atomic E-state index is -1.20. The minimum absolute atomic E-state index is 0.153. The summed E-state index contributed by atoms with van der Waals surface area (Å²) in [4.78, 5) is 15.9. The van der Waals surface area contributed by atoms with Crippen LogP contribution in [0.3, 0.4) is 0 Å². The summed E-state index contributed by atoms with van der Waals surface area (Å²) in [5.41, 5.74) is 4.43. The van der Waals surface area contributed by atoms with Crippen molar-refractivity contribution in [2.24, 2.45) is 0 Å². The number of aliphatic carboxylic acids is 1. The summed E-state index contributed by atoms with van der Waals surface area (Å²) in [7, 11) is 1.56. The van der Waals surface area contributed by atoms with E-state index >= 15 is 4.39 Å². The number of carbonyl (C=O) groups is 1. The molecule has 2 aliphatic rings. The van der Waals surface area contributed by atoms with Gasteiger partial charge < -0.3 is 20.1 Å². The number of rotatable bonds is 11. The van der Waals surface area contributed by atoms with Gasteiger partial charge in [-0.15, -0.1) is 0 Å². The van der Waals surface area contributed by atoms with Gasteiger partial charge in [0.25, 0.3) is 0 Å². The Morgan fingerprint density at radius 3 is 2.37 bits per heavy atom. The van der Waals surface area contributed by atoms with Crippen molar-refractivity contribution in [3.8, 4) is 11.1 Å². The highest BCUT2D eigenvalue weighted by Gasteiger charge is 2.36. The van der Waals surface area contributed by atoms with E-state index in [9.17, 15) is 19.4 Å². The summed E-state index contributed by atoms with van der Waals surface area (Å²) in [6, 6.07) is 2.17. The highest BCUT2D eigenvalue weighted by Crippen LogP contribution is 2.50. The standard InChI is InChI=1S/C27H31F2NO5/c1-14-9-17(28)10-22(29)24(14)25-20(8-7-18(31)11-19(32)12-23(33)34)26(15-3-4-15)30-27(16-5-6-16)21(25)13-35-2/h7-10,15-16,18-19,31-32H,3-6,11-13H2,1-2H3,(H,33,34)/b8-7+/t18-,19-/m1/s1. The van der Waals surface area contributed by atoms with E-state index in [1.165, 1.54) is 12.1 Å². The highest BCUT2D eigenvalue weighted by atomic mass is 19.1. The van der Waals surface area contributed by atoms with Gasteiger partial charge in [0.05, 0.1) is 30.9 Å². The van der Waals surface area contributed by atoms with Crippen LogP contribution in [0.2, 0.25) is 0 Å². The number of aryl methyl sites for hydroxylation is 1. The zero-order chi connectivity index (χ0) is 25.3. The van der Waals surface area contributed by atoms with Crippen LogP contribution in [-0.2, 0) is 16.1 Å². The third-order valence-electron chi connectivity index (χ3n) is 6.52. The Bertz CT molecular complexity index is 1120. The molecule has 1 aromatic heterocycles. The summed E-state index contributed by atoms with van der Waals surface area (Å²) in [5.74, 6) is -2.01. The fraction of sp³-hybridized carbons (Fsp3) is 0.481. The van der Waals surface area contributed by atoms with E-state index in [1.54, 1.807) is 20.1 Å². The predicted octanol–water partition coefficient (Wildman–Crippen LogP) is 4.84. The molecule has 2 saturated carbocycles. The molecule has 0 aliphatic heterocycles. The van der Waals surface area contributed by atoms with Gasteiger partial charge in [-0.05, 0) is 44.2 Å². The van der Waals surface area contributed by atoms with Crippen molar-refractivity contribution >= 4 is 12.0 Å². The molecule has 4 rings (SSSR count). The van der Waals surface area contributed by atoms with E-state index in [0.29, 0.717) is 16.7 Å². The minimum Gasteiger partial charge on any atom is -0.481 e. The molecule has 35 heavy (non-hydrogen) atoms. The fourth-order valence-electron chi connectivity index (χ4n) is 4.65. The van der Waals surface area contributed by atoms with E-state index < -0.39 is 36.2 Å². The molecule has 0 saturated heterocycles. The summed E-state index contributed by atoms with van der Waals surface area (Å²) < 4.78 is 34.8. The molecule has 2 atom stereocenters. The first kappa shape index (κ1) is 25.4. The maximum Gasteiger partial charge on any atom is 0.305 e. The third kappa shape index (κ3) is 5.94. The molecule has 1 heterocycles. The van der Waals surface area contributed by atoms with Crippen molar-refractivity contribution in [2.75, 3.05) is 7.11 Å². The molecule has 0 spiro atoms. The van der Waals surface area contributed by atoms with Gasteiger partial charge in [-0.2, -0.15) is 0 Å². The van der Waals surface area contributed by atoms with Gasteiger partial charge in [0.1, 0.15) is 11.6 Å². The molecule has 2 aromatic rings. The quantitative estimate of drug-likeness (QED) is 0.420. The number of carboxylic acids is 1. The molecule has 8 heteroatoms. The lowest BCUT2D eigenvalue weighted by Crippen LogP contribution is -2.19. The Hall–Kier alpha value is -2.68. The number of benzene rings is 1. The second-order valence-electron chi connectivity index (χ2n) is 9.62. The monoisotopic (exact) mass is 487 g/mol. The van der Waals surface area contributed by atoms with Crippen molar-refractivity contribution < 1.29 is 33.6 Å². The van der Waals surface area contributed by atoms with Crippen molar-refractivity contribution in [3.63, 3.8) is 0 Å². The second kappa shape index (κ2) is 10.5. The molecule has 1 aromatic carbocycles. The van der Waals surface area contributed by atoms with E-state index in [4.69, 9.17) is 14.8 Å². The van der Waals surface area contributed by atoms with Gasteiger partial charge in [0.2, 0.25) is 0 Å². The Morgan fingerprint density at radius 1 is 1.14 bits per heavy atom. The fourth-order valence-corrected chi connectivity index (χ4v) is 4.65. The number of halogens is 2. The van der Waals surface area contributed by atoms with Gasteiger partial charge >= 0.3 is 5.97 Å². The van der Waals surface area contributed by atoms with E-state index in [0.717, 1.165) is 48.7 Å². The largest absolute Gasteiger partial charge is 0.481 e. The first-order valence-electron chi connectivity index (χ1n) is 12.0. The van der Waals surface area contributed by atoms with Crippen molar-refractivity contribution in [3.05, 3.63) is 57.9 Å². The lowest BCUT2D eigenvalue weighted by Gasteiger charge is -2.22. The molecular weight excluding hydrogens is 456 g/mol. The number of aliphatic hydroxyl groups is 2. The Kier molecular flexibility index (Phi) is 7.64. The molecule has 3 N–H and O–H groups in total. The molecule has 6 nitrogen and oxygen atoms in total. The Labute approximate surface area is 203 Å². The Balaban J connectivity index is 1.88. The number of carboxylic acid groups (broad SMARTS) is 1. The van der Waals surface area contributed by atoms with Gasteiger partial charge in [-0.25, -0.2) is 8.78 Å². The smallest absolute Gasteiger partial charge is 0.305 e. The highest BCUT2D eigenvalue weighted by molar-refractivity contribution is 5.83. The average Bonchev–Trinajstić information content (AvgIpc) is 3.66. The number of pyridine rings is 1. The number of ether oxygens (including phenoxy) is 1. The number of methoxy groups -OCH3 is 1. The Morgan fingerprint density at radius 2 is 1.80 bits per heavy atom. The van der Waals surface area contributed by atoms with E-state index in [-0.39, 0.29) is 30.4 Å². The van der Waals surface area contributed by atoms with E-state index in [2.05, 4.69) is 0 Å². The van der Waals surface area contributed by atoms with E-state index in [1.807, 2.05) is 0 Å². The maximum atomic E-state index is 15.3. The second-order valence-corrected chi connectivity index (χ2v) is 9.62. The van der Waals surface area contributed by atoms with Crippen LogP contribution in [0.1, 0.15) is 78.4 Å². The van der Waals surface area contributed by atoms with Crippen LogP contribution in [0.5, 0.6) is 0 Å². The van der Waals surface area contributed by atoms with Crippen LogP contribution < -0.4 is 0 Å². The average molecular weight is 488 g/mol. The normalized spacial score (nSPS) is 17.7. The van der Waals surface area contributed by atoms with Crippen molar-refractivity contribution in [1.29, 1.82) is 0 Å².